The molecule has 2 aromatic carbocycles. The quantitative estimate of drug-likeness (QED) is 0.344. The average Bonchev–Trinajstić information content (AvgIpc) is 3.24. The first-order valence-electron chi connectivity index (χ1n) is 10.7. The van der Waals surface area contributed by atoms with Gasteiger partial charge in [-0.05, 0) is 53.1 Å². The Morgan fingerprint density at radius 1 is 0.786 bits per heavy atom. The molecule has 0 N–H and O–H groups in total. The molecule has 0 fully saturated rings. The van der Waals surface area contributed by atoms with Crippen molar-refractivity contribution in [2.24, 2.45) is 0 Å². The fraction of sp³-hybridized carbons (Fsp3) is 0.407. The topological polar surface area (TPSA) is 4.93 Å². The summed E-state index contributed by atoms with van der Waals surface area (Å²) in [7, 11) is 0. The summed E-state index contributed by atoms with van der Waals surface area (Å²) in [6.07, 6.45) is 3.33. The number of nitrogens with zero attached hydrogens (tertiary/aromatic N) is 1. The summed E-state index contributed by atoms with van der Waals surface area (Å²) < 4.78 is 2.52. The number of hydrogen-bond donors (Lipinski definition) is 0. The van der Waals surface area contributed by atoms with Gasteiger partial charge in [0.2, 0.25) is 0 Å². The third-order valence-corrected chi connectivity index (χ3v) is 7.08. The molecular weight excluding hydrogens is 338 g/mol. The van der Waals surface area contributed by atoms with Crippen molar-refractivity contribution in [1.82, 2.24) is 4.57 Å². The minimum atomic E-state index is 0.143. The fourth-order valence-corrected chi connectivity index (χ4v) is 4.32. The molecule has 146 valence electrons. The molecule has 3 aromatic rings. The van der Waals surface area contributed by atoms with E-state index in [-0.39, 0.29) is 10.8 Å². The smallest absolute Gasteiger partial charge is 0.0569 e. The number of benzene rings is 2. The van der Waals surface area contributed by atoms with Crippen molar-refractivity contribution in [3.63, 3.8) is 0 Å². The van der Waals surface area contributed by atoms with Gasteiger partial charge in [-0.3, -0.25) is 0 Å². The van der Waals surface area contributed by atoms with Gasteiger partial charge < -0.3 is 4.57 Å². The second kappa shape index (κ2) is 6.65. The number of rotatable bonds is 5. The maximum atomic E-state index is 2.52. The van der Waals surface area contributed by atoms with Crippen molar-refractivity contribution < 1.29 is 0 Å². The fourth-order valence-electron chi connectivity index (χ4n) is 4.32. The van der Waals surface area contributed by atoms with E-state index in [0.29, 0.717) is 0 Å². The Hall–Kier alpha value is -2.28. The van der Waals surface area contributed by atoms with Crippen LogP contribution in [-0.2, 0) is 17.3 Å². The zero-order chi connectivity index (χ0) is 20.1. The Labute approximate surface area is 170 Å². The minimum Gasteiger partial charge on any atom is -0.313 e. The molecule has 1 heteroatoms. The zero-order valence-corrected chi connectivity index (χ0v) is 18.3. The van der Waals surface area contributed by atoms with Crippen LogP contribution in [0.4, 0.5) is 0 Å². The summed E-state index contributed by atoms with van der Waals surface area (Å²) in [6, 6.07) is 20.5. The van der Waals surface area contributed by atoms with Crippen molar-refractivity contribution in [3.8, 4) is 16.9 Å². The van der Waals surface area contributed by atoms with E-state index in [4.69, 9.17) is 0 Å². The molecule has 0 saturated heterocycles. The third kappa shape index (κ3) is 2.92. The first-order chi connectivity index (χ1) is 13.3. The number of fused-ring (bicyclic) bond motifs is 3. The molecule has 1 nitrogen and oxygen atoms in total. The Bertz CT molecular complexity index is 1000. The van der Waals surface area contributed by atoms with E-state index >= 15 is 0 Å². The highest BCUT2D eigenvalue weighted by atomic mass is 15.0. The van der Waals surface area contributed by atoms with Crippen LogP contribution in [0.3, 0.4) is 0 Å². The van der Waals surface area contributed by atoms with Crippen LogP contribution in [0.15, 0.2) is 54.6 Å². The first kappa shape index (κ1) is 19.1. The lowest BCUT2D eigenvalue weighted by Gasteiger charge is -2.27. The summed E-state index contributed by atoms with van der Waals surface area (Å²) in [5, 5.41) is 0. The van der Waals surface area contributed by atoms with Gasteiger partial charge in [-0.1, -0.05) is 77.9 Å². The van der Waals surface area contributed by atoms with E-state index in [2.05, 4.69) is 101 Å². The summed E-state index contributed by atoms with van der Waals surface area (Å²) in [6.45, 7) is 14.0. The maximum absolute atomic E-state index is 2.52. The summed E-state index contributed by atoms with van der Waals surface area (Å²) in [5.41, 5.74) is 10.3. The Morgan fingerprint density at radius 2 is 1.46 bits per heavy atom. The standard InChI is InChI=1S/C27H33N/c1-7-26(3,4)21-14-15-23-19(17-21)16-20-18-24(27(5,6)8-2)28(25(20)23)22-12-10-9-11-13-22/h9-15,17-18H,7-8,16H2,1-6H3. The maximum Gasteiger partial charge on any atom is 0.0569 e. The molecule has 1 aromatic heterocycles. The Kier molecular flexibility index (Phi) is 4.53. The van der Waals surface area contributed by atoms with Crippen LogP contribution in [0, 0.1) is 0 Å². The van der Waals surface area contributed by atoms with Crippen LogP contribution >= 0.6 is 0 Å². The molecule has 0 spiro atoms. The van der Waals surface area contributed by atoms with Gasteiger partial charge in [0.05, 0.1) is 5.69 Å². The molecule has 28 heavy (non-hydrogen) atoms. The number of hydrogen-bond acceptors (Lipinski definition) is 0. The largest absolute Gasteiger partial charge is 0.313 e. The minimum absolute atomic E-state index is 0.143. The van der Waals surface area contributed by atoms with Crippen molar-refractivity contribution in [2.45, 2.75) is 71.6 Å². The highest BCUT2D eigenvalue weighted by Gasteiger charge is 2.32. The van der Waals surface area contributed by atoms with Gasteiger partial charge in [0.1, 0.15) is 0 Å². The van der Waals surface area contributed by atoms with Crippen LogP contribution < -0.4 is 0 Å². The van der Waals surface area contributed by atoms with Crippen LogP contribution in [0.25, 0.3) is 16.9 Å². The van der Waals surface area contributed by atoms with Crippen molar-refractivity contribution >= 4 is 0 Å². The monoisotopic (exact) mass is 371 g/mol. The predicted molar refractivity (Wildman–Crippen MR) is 121 cm³/mol. The van der Waals surface area contributed by atoms with Crippen LogP contribution in [0.2, 0.25) is 0 Å². The SMILES string of the molecule is CCC(C)(C)c1ccc2c(c1)Cc1cc(C(C)(C)CC)n(-c3ccccc3)c1-2. The van der Waals surface area contributed by atoms with Crippen molar-refractivity contribution in [2.75, 3.05) is 0 Å². The van der Waals surface area contributed by atoms with Crippen molar-refractivity contribution in [3.05, 3.63) is 77.0 Å². The molecule has 1 aliphatic rings. The van der Waals surface area contributed by atoms with Gasteiger partial charge in [-0.25, -0.2) is 0 Å². The second-order valence-electron chi connectivity index (χ2n) is 9.60. The Morgan fingerprint density at radius 3 is 2.11 bits per heavy atom. The molecule has 4 rings (SSSR count). The summed E-state index contributed by atoms with van der Waals surface area (Å²) in [5.74, 6) is 0. The van der Waals surface area contributed by atoms with Gasteiger partial charge in [-0.2, -0.15) is 0 Å². The van der Waals surface area contributed by atoms with Crippen LogP contribution in [0.1, 0.15) is 76.8 Å². The van der Waals surface area contributed by atoms with Gasteiger partial charge >= 0.3 is 0 Å². The second-order valence-corrected chi connectivity index (χ2v) is 9.60. The molecule has 0 atom stereocenters. The average molecular weight is 372 g/mol. The highest BCUT2D eigenvalue weighted by molar-refractivity contribution is 5.78. The number of para-hydroxylation sites is 1. The lowest BCUT2D eigenvalue weighted by atomic mass is 9.81. The van der Waals surface area contributed by atoms with E-state index in [0.717, 1.165) is 19.3 Å². The molecule has 0 saturated carbocycles. The van der Waals surface area contributed by atoms with E-state index in [1.54, 1.807) is 0 Å². The molecule has 0 bridgehead atoms. The summed E-state index contributed by atoms with van der Waals surface area (Å²) in [4.78, 5) is 0. The first-order valence-corrected chi connectivity index (χ1v) is 10.7. The molecule has 0 aliphatic heterocycles. The molecule has 0 amide bonds. The van der Waals surface area contributed by atoms with E-state index < -0.39 is 0 Å². The lowest BCUT2D eigenvalue weighted by Crippen LogP contribution is -2.20. The predicted octanol–water partition coefficient (Wildman–Crippen LogP) is 7.42. The molecule has 1 aliphatic carbocycles. The van der Waals surface area contributed by atoms with Gasteiger partial charge in [0.15, 0.2) is 0 Å². The normalized spacial score (nSPS) is 13.5. The third-order valence-electron chi connectivity index (χ3n) is 7.08. The summed E-state index contributed by atoms with van der Waals surface area (Å²) >= 11 is 0. The van der Waals surface area contributed by atoms with E-state index in [1.807, 2.05) is 0 Å². The van der Waals surface area contributed by atoms with E-state index in [1.165, 1.54) is 39.3 Å². The highest BCUT2D eigenvalue weighted by Crippen LogP contribution is 2.45. The Balaban J connectivity index is 1.93. The van der Waals surface area contributed by atoms with Crippen LogP contribution in [0.5, 0.6) is 0 Å². The van der Waals surface area contributed by atoms with Crippen molar-refractivity contribution in [1.29, 1.82) is 0 Å². The van der Waals surface area contributed by atoms with Gasteiger partial charge in [0.25, 0.3) is 0 Å². The van der Waals surface area contributed by atoms with Crippen LogP contribution in [-0.4, -0.2) is 4.57 Å². The molecule has 0 unspecified atom stereocenters. The van der Waals surface area contributed by atoms with Gasteiger partial charge in [0, 0.05) is 28.8 Å². The molecule has 0 radical (unpaired) electrons. The van der Waals surface area contributed by atoms with Gasteiger partial charge in [-0.15, -0.1) is 0 Å². The zero-order valence-electron chi connectivity index (χ0n) is 18.3. The lowest BCUT2D eigenvalue weighted by molar-refractivity contribution is 0.482. The molecular formula is C27H33N. The molecule has 1 heterocycles. The van der Waals surface area contributed by atoms with E-state index in [9.17, 15) is 0 Å². The number of aromatic nitrogens is 1.